The van der Waals surface area contributed by atoms with Gasteiger partial charge in [-0.25, -0.2) is 0 Å². The second-order valence-corrected chi connectivity index (χ2v) is 6.84. The normalized spacial score (nSPS) is 37.8. The van der Waals surface area contributed by atoms with E-state index in [2.05, 4.69) is 33.3 Å². The van der Waals surface area contributed by atoms with Crippen molar-refractivity contribution in [2.45, 2.75) is 6.42 Å². The molecule has 4 atom stereocenters. The van der Waals surface area contributed by atoms with Gasteiger partial charge < -0.3 is 4.48 Å². The van der Waals surface area contributed by atoms with Crippen LogP contribution in [-0.2, 0) is 9.59 Å². The molecule has 1 aliphatic heterocycles. The Bertz CT molecular complexity index is 406. The first-order valence-corrected chi connectivity index (χ1v) is 6.72. The van der Waals surface area contributed by atoms with Crippen LogP contribution in [-0.4, -0.2) is 55.4 Å². The molecule has 0 spiro atoms. The second kappa shape index (κ2) is 3.67. The third kappa shape index (κ3) is 1.62. The molecule has 0 unspecified atom stereocenters. The average molecular weight is 249 g/mol. The van der Waals surface area contributed by atoms with Gasteiger partial charge in [0.1, 0.15) is 0 Å². The van der Waals surface area contributed by atoms with Crippen LogP contribution in [0.15, 0.2) is 12.2 Å². The highest BCUT2D eigenvalue weighted by atomic mass is 16.2. The van der Waals surface area contributed by atoms with Gasteiger partial charge in [0.05, 0.1) is 46.1 Å². The van der Waals surface area contributed by atoms with E-state index in [0.29, 0.717) is 18.4 Å². The number of hydrogen-bond donors (Lipinski definition) is 0. The zero-order valence-corrected chi connectivity index (χ0v) is 11.3. The average Bonchev–Trinajstić information content (AvgIpc) is 2.90. The molecule has 18 heavy (non-hydrogen) atoms. The van der Waals surface area contributed by atoms with Crippen molar-refractivity contribution in [3.8, 4) is 0 Å². The summed E-state index contributed by atoms with van der Waals surface area (Å²) in [4.78, 5) is 26.3. The fourth-order valence-electron chi connectivity index (χ4n) is 3.58. The van der Waals surface area contributed by atoms with Crippen LogP contribution in [0.3, 0.4) is 0 Å². The number of amides is 2. The summed E-state index contributed by atoms with van der Waals surface area (Å²) in [5, 5.41) is 0. The molecule has 4 heteroatoms. The van der Waals surface area contributed by atoms with Crippen molar-refractivity contribution in [2.75, 3.05) is 34.2 Å². The highest BCUT2D eigenvalue weighted by Gasteiger charge is 2.59. The molecule has 0 aromatic carbocycles. The third-order valence-corrected chi connectivity index (χ3v) is 4.56. The molecule has 2 aliphatic carbocycles. The lowest BCUT2D eigenvalue weighted by Gasteiger charge is -2.26. The van der Waals surface area contributed by atoms with Crippen LogP contribution in [0.1, 0.15) is 6.42 Å². The molecule has 98 valence electrons. The van der Waals surface area contributed by atoms with Crippen molar-refractivity contribution in [3.63, 3.8) is 0 Å². The van der Waals surface area contributed by atoms with Gasteiger partial charge >= 0.3 is 0 Å². The molecule has 2 amide bonds. The minimum absolute atomic E-state index is 0.0417. The first kappa shape index (κ1) is 11.9. The Balaban J connectivity index is 1.76. The van der Waals surface area contributed by atoms with Crippen LogP contribution >= 0.6 is 0 Å². The Morgan fingerprint density at radius 3 is 2.06 bits per heavy atom. The predicted octanol–water partition coefficient (Wildman–Crippen LogP) is 0.500. The number of rotatable bonds is 3. The zero-order valence-electron chi connectivity index (χ0n) is 11.3. The van der Waals surface area contributed by atoms with E-state index in [1.165, 1.54) is 4.90 Å². The summed E-state index contributed by atoms with van der Waals surface area (Å²) in [6.45, 7) is 1.38. The lowest BCUT2D eigenvalue weighted by atomic mass is 9.85. The van der Waals surface area contributed by atoms with Crippen LogP contribution < -0.4 is 0 Å². The molecule has 0 radical (unpaired) electrons. The van der Waals surface area contributed by atoms with Crippen LogP contribution in [0.5, 0.6) is 0 Å². The summed E-state index contributed by atoms with van der Waals surface area (Å²) >= 11 is 0. The van der Waals surface area contributed by atoms with Crippen molar-refractivity contribution >= 4 is 11.8 Å². The Hall–Kier alpha value is -1.16. The van der Waals surface area contributed by atoms with Crippen molar-refractivity contribution in [1.29, 1.82) is 0 Å². The molecule has 2 bridgehead atoms. The van der Waals surface area contributed by atoms with Crippen molar-refractivity contribution in [1.82, 2.24) is 4.90 Å². The van der Waals surface area contributed by atoms with Gasteiger partial charge in [-0.15, -0.1) is 0 Å². The predicted molar refractivity (Wildman–Crippen MR) is 67.3 cm³/mol. The first-order chi connectivity index (χ1) is 8.38. The van der Waals surface area contributed by atoms with Gasteiger partial charge in [0.15, 0.2) is 0 Å². The lowest BCUT2D eigenvalue weighted by Crippen LogP contribution is -2.44. The summed E-state index contributed by atoms with van der Waals surface area (Å²) in [6, 6.07) is 0. The molecule has 1 saturated carbocycles. The molecule has 2 fully saturated rings. The molecular weight excluding hydrogens is 228 g/mol. The minimum Gasteiger partial charge on any atom is -0.329 e. The van der Waals surface area contributed by atoms with Gasteiger partial charge in [-0.1, -0.05) is 12.2 Å². The largest absolute Gasteiger partial charge is 0.329 e. The molecule has 3 rings (SSSR count). The number of carbonyl (C=O) groups is 2. The van der Waals surface area contributed by atoms with E-state index >= 15 is 0 Å². The Kier molecular flexibility index (Phi) is 2.43. The monoisotopic (exact) mass is 249 g/mol. The first-order valence-electron chi connectivity index (χ1n) is 6.72. The highest BCUT2D eigenvalue weighted by molar-refractivity contribution is 6.06. The van der Waals surface area contributed by atoms with Crippen LogP contribution in [0.2, 0.25) is 0 Å². The van der Waals surface area contributed by atoms with E-state index < -0.39 is 0 Å². The molecule has 0 aromatic rings. The van der Waals surface area contributed by atoms with E-state index in [9.17, 15) is 9.59 Å². The molecular formula is C14H21N2O2+. The molecule has 0 aromatic heterocycles. The van der Waals surface area contributed by atoms with E-state index in [0.717, 1.165) is 17.4 Å². The third-order valence-electron chi connectivity index (χ3n) is 4.56. The van der Waals surface area contributed by atoms with Crippen molar-refractivity contribution in [3.05, 3.63) is 12.2 Å². The summed E-state index contributed by atoms with van der Waals surface area (Å²) in [6.07, 6.45) is 5.29. The van der Waals surface area contributed by atoms with Gasteiger partial charge in [-0.05, 0) is 18.3 Å². The van der Waals surface area contributed by atoms with Gasteiger partial charge in [0, 0.05) is 0 Å². The van der Waals surface area contributed by atoms with Gasteiger partial charge in [-0.2, -0.15) is 0 Å². The molecule has 1 saturated heterocycles. The number of quaternary nitrogens is 1. The van der Waals surface area contributed by atoms with Gasteiger partial charge in [0.2, 0.25) is 11.8 Å². The topological polar surface area (TPSA) is 37.4 Å². The number of hydrogen-bond acceptors (Lipinski definition) is 2. The fourth-order valence-corrected chi connectivity index (χ4v) is 3.58. The second-order valence-electron chi connectivity index (χ2n) is 6.84. The van der Waals surface area contributed by atoms with Crippen LogP contribution in [0.25, 0.3) is 0 Å². The summed E-state index contributed by atoms with van der Waals surface area (Å²) in [7, 11) is 6.24. The maximum Gasteiger partial charge on any atom is 0.233 e. The molecule has 1 heterocycles. The van der Waals surface area contributed by atoms with Crippen LogP contribution in [0.4, 0.5) is 0 Å². The Labute approximate surface area is 108 Å². The van der Waals surface area contributed by atoms with E-state index in [-0.39, 0.29) is 23.7 Å². The smallest absolute Gasteiger partial charge is 0.233 e. The van der Waals surface area contributed by atoms with Crippen LogP contribution in [0, 0.1) is 23.7 Å². The number of likely N-dealkylation sites (tertiary alicyclic amines) is 1. The standard InChI is InChI=1S/C14H21N2O2/c1-16(2,3)7-6-15-13(17)11-9-4-5-10(8-9)12(11)14(15)18/h4-5,9-12H,6-8H2,1-3H3/q+1/t9-,10+,11-,12+. The maximum atomic E-state index is 12.4. The Morgan fingerprint density at radius 1 is 1.11 bits per heavy atom. The van der Waals surface area contributed by atoms with Gasteiger partial charge in [-0.3, -0.25) is 14.5 Å². The lowest BCUT2D eigenvalue weighted by molar-refractivity contribution is -0.869. The van der Waals surface area contributed by atoms with E-state index in [1.807, 2.05) is 0 Å². The molecule has 3 aliphatic rings. The Morgan fingerprint density at radius 2 is 1.61 bits per heavy atom. The number of allylic oxidation sites excluding steroid dienone is 2. The van der Waals surface area contributed by atoms with Crippen molar-refractivity contribution < 1.29 is 14.1 Å². The summed E-state index contributed by atoms with van der Waals surface area (Å²) in [5.74, 6) is 0.724. The number of imide groups is 1. The fraction of sp³-hybridized carbons (Fsp3) is 0.714. The zero-order chi connectivity index (χ0) is 13.1. The highest BCUT2D eigenvalue weighted by Crippen LogP contribution is 2.52. The molecule has 4 nitrogen and oxygen atoms in total. The number of nitrogens with zero attached hydrogens (tertiary/aromatic N) is 2. The molecule has 0 N–H and O–H groups in total. The summed E-state index contributed by atoms with van der Waals surface area (Å²) in [5.41, 5.74) is 0. The minimum atomic E-state index is -0.0417. The van der Waals surface area contributed by atoms with Crippen molar-refractivity contribution in [2.24, 2.45) is 23.7 Å². The van der Waals surface area contributed by atoms with Gasteiger partial charge in [0.25, 0.3) is 0 Å². The maximum absolute atomic E-state index is 12.4. The number of carbonyl (C=O) groups excluding carboxylic acids is 2. The quantitative estimate of drug-likeness (QED) is 0.415. The SMILES string of the molecule is C[N+](C)(C)CCN1C(=O)[C@@H]2[C@H](C1=O)[C@@H]1C=C[C@H]2C1. The summed E-state index contributed by atoms with van der Waals surface area (Å²) < 4.78 is 0.775. The van der Waals surface area contributed by atoms with E-state index in [1.54, 1.807) is 0 Å². The van der Waals surface area contributed by atoms with E-state index in [4.69, 9.17) is 0 Å². The number of likely N-dealkylation sites (N-methyl/N-ethyl adjacent to an activating group) is 1. The number of fused-ring (bicyclic) bond motifs is 5.